The monoisotopic (exact) mass is 255 g/mol. The van der Waals surface area contributed by atoms with Gasteiger partial charge in [0.1, 0.15) is 6.04 Å². The van der Waals surface area contributed by atoms with Gasteiger partial charge >= 0.3 is 5.97 Å². The fraction of sp³-hybridized carbons (Fsp3) is 0.455. The van der Waals surface area contributed by atoms with Crippen molar-refractivity contribution in [2.24, 2.45) is 0 Å². The Hall–Kier alpha value is -1.40. The maximum Gasteiger partial charge on any atom is 0.326 e. The molecule has 92 valence electrons. The van der Waals surface area contributed by atoms with Gasteiger partial charge in [-0.3, -0.25) is 4.79 Å². The number of carbonyl (C=O) groups is 2. The van der Waals surface area contributed by atoms with E-state index in [-0.39, 0.29) is 18.9 Å². The van der Waals surface area contributed by atoms with Crippen molar-refractivity contribution in [2.75, 3.05) is 6.54 Å². The number of aliphatic hydroxyl groups excluding tert-OH is 1. The van der Waals surface area contributed by atoms with Gasteiger partial charge in [-0.05, 0) is 23.9 Å². The lowest BCUT2D eigenvalue weighted by atomic mass is 10.2. The maximum atomic E-state index is 12.2. The van der Waals surface area contributed by atoms with E-state index >= 15 is 0 Å². The quantitative estimate of drug-likeness (QED) is 0.816. The molecule has 6 heteroatoms. The summed E-state index contributed by atoms with van der Waals surface area (Å²) in [6, 6.07) is 0.902. The predicted molar refractivity (Wildman–Crippen MR) is 62.1 cm³/mol. The smallest absolute Gasteiger partial charge is 0.326 e. The molecule has 0 aliphatic carbocycles. The second-order valence-corrected chi connectivity index (χ2v) is 5.05. The van der Waals surface area contributed by atoms with Crippen LogP contribution in [0.5, 0.6) is 0 Å². The van der Waals surface area contributed by atoms with Crippen molar-refractivity contribution in [1.29, 1.82) is 0 Å². The van der Waals surface area contributed by atoms with Crippen LogP contribution < -0.4 is 0 Å². The number of thiophene rings is 1. The molecule has 0 bridgehead atoms. The van der Waals surface area contributed by atoms with Gasteiger partial charge in [0.25, 0.3) is 5.91 Å². The number of carboxylic acid groups (broad SMARTS) is 1. The van der Waals surface area contributed by atoms with Gasteiger partial charge in [0.05, 0.1) is 11.0 Å². The van der Waals surface area contributed by atoms with Crippen LogP contribution in [-0.4, -0.2) is 45.7 Å². The van der Waals surface area contributed by atoms with Gasteiger partial charge in [-0.2, -0.15) is 0 Å². The third-order valence-corrected chi connectivity index (χ3v) is 3.89. The molecule has 17 heavy (non-hydrogen) atoms. The number of rotatable bonds is 2. The highest BCUT2D eigenvalue weighted by atomic mass is 32.1. The number of hydrogen-bond donors (Lipinski definition) is 2. The largest absolute Gasteiger partial charge is 0.480 e. The van der Waals surface area contributed by atoms with Crippen LogP contribution >= 0.6 is 11.3 Å². The molecule has 0 saturated carbocycles. The van der Waals surface area contributed by atoms with Crippen LogP contribution in [0.3, 0.4) is 0 Å². The summed E-state index contributed by atoms with van der Waals surface area (Å²) >= 11 is 1.29. The van der Waals surface area contributed by atoms with Gasteiger partial charge in [0.2, 0.25) is 0 Å². The number of aliphatic hydroxyl groups is 1. The highest BCUT2D eigenvalue weighted by Gasteiger charge is 2.39. The number of nitrogens with zero attached hydrogens (tertiary/aromatic N) is 1. The van der Waals surface area contributed by atoms with Gasteiger partial charge in [-0.25, -0.2) is 4.79 Å². The number of carboxylic acids is 1. The van der Waals surface area contributed by atoms with Crippen LogP contribution in [0.25, 0.3) is 0 Å². The van der Waals surface area contributed by atoms with E-state index in [1.807, 2.05) is 13.0 Å². The number of aryl methyl sites for hydroxylation is 1. The highest BCUT2D eigenvalue weighted by molar-refractivity contribution is 7.12. The molecule has 1 aliphatic heterocycles. The summed E-state index contributed by atoms with van der Waals surface area (Å²) < 4.78 is 0. The van der Waals surface area contributed by atoms with Gasteiger partial charge in [-0.15, -0.1) is 11.3 Å². The lowest BCUT2D eigenvalue weighted by molar-refractivity contribution is -0.141. The molecule has 5 nitrogen and oxygen atoms in total. The zero-order chi connectivity index (χ0) is 12.6. The van der Waals surface area contributed by atoms with Crippen LogP contribution in [0.15, 0.2) is 11.4 Å². The SMILES string of the molecule is Cc1ccsc1C(=O)N1C[C@H](O)C[C@@H]1C(=O)O. The second kappa shape index (κ2) is 4.46. The summed E-state index contributed by atoms with van der Waals surface area (Å²) in [5.74, 6) is -1.37. The summed E-state index contributed by atoms with van der Waals surface area (Å²) in [6.07, 6.45) is -0.647. The molecule has 1 saturated heterocycles. The van der Waals surface area contributed by atoms with Crippen LogP contribution in [0.2, 0.25) is 0 Å². The molecule has 0 radical (unpaired) electrons. The Balaban J connectivity index is 2.25. The van der Waals surface area contributed by atoms with Crippen molar-refractivity contribution in [3.05, 3.63) is 21.9 Å². The lowest BCUT2D eigenvalue weighted by Crippen LogP contribution is -2.40. The third kappa shape index (κ3) is 2.18. The van der Waals surface area contributed by atoms with E-state index in [0.717, 1.165) is 5.56 Å². The van der Waals surface area contributed by atoms with Crippen LogP contribution in [0.4, 0.5) is 0 Å². The van der Waals surface area contributed by atoms with Crippen molar-refractivity contribution in [3.8, 4) is 0 Å². The fourth-order valence-corrected chi connectivity index (χ4v) is 2.87. The first kappa shape index (κ1) is 12.1. The molecular formula is C11H13NO4S. The predicted octanol–water partition coefficient (Wildman–Crippen LogP) is 0.717. The zero-order valence-electron chi connectivity index (χ0n) is 9.29. The maximum absolute atomic E-state index is 12.2. The summed E-state index contributed by atoms with van der Waals surface area (Å²) in [6.45, 7) is 1.90. The molecule has 2 atom stereocenters. The van der Waals surface area contributed by atoms with E-state index in [2.05, 4.69) is 0 Å². The first-order valence-corrected chi connectivity index (χ1v) is 6.14. The molecule has 1 aromatic heterocycles. The van der Waals surface area contributed by atoms with E-state index < -0.39 is 18.1 Å². The van der Waals surface area contributed by atoms with Crippen molar-refractivity contribution >= 4 is 23.2 Å². The Morgan fingerprint density at radius 1 is 1.53 bits per heavy atom. The Morgan fingerprint density at radius 2 is 2.24 bits per heavy atom. The lowest BCUT2D eigenvalue weighted by Gasteiger charge is -2.20. The van der Waals surface area contributed by atoms with E-state index in [1.165, 1.54) is 16.2 Å². The number of aliphatic carboxylic acids is 1. The van der Waals surface area contributed by atoms with Crippen molar-refractivity contribution in [1.82, 2.24) is 4.90 Å². The normalized spacial score (nSPS) is 24.0. The minimum absolute atomic E-state index is 0.0904. The van der Waals surface area contributed by atoms with Crippen LogP contribution in [0.1, 0.15) is 21.7 Å². The number of hydrogen-bond acceptors (Lipinski definition) is 4. The number of β-amino-alcohol motifs (C(OH)–C–C–N with tert-alkyl or cyclic N) is 1. The van der Waals surface area contributed by atoms with Gasteiger partial charge < -0.3 is 15.1 Å². The Morgan fingerprint density at radius 3 is 2.76 bits per heavy atom. The van der Waals surface area contributed by atoms with Crippen molar-refractivity contribution in [3.63, 3.8) is 0 Å². The Labute approximate surface area is 102 Å². The zero-order valence-corrected chi connectivity index (χ0v) is 10.1. The topological polar surface area (TPSA) is 77.8 Å². The minimum atomic E-state index is -1.07. The molecule has 1 amide bonds. The number of likely N-dealkylation sites (tertiary alicyclic amines) is 1. The molecule has 0 unspecified atom stereocenters. The summed E-state index contributed by atoms with van der Waals surface area (Å²) in [4.78, 5) is 25.0. The summed E-state index contributed by atoms with van der Waals surface area (Å²) in [5, 5.41) is 20.3. The van der Waals surface area contributed by atoms with Crippen LogP contribution in [0, 0.1) is 6.92 Å². The fourth-order valence-electron chi connectivity index (χ4n) is 1.99. The molecule has 2 rings (SSSR count). The minimum Gasteiger partial charge on any atom is -0.480 e. The van der Waals surface area contributed by atoms with Gasteiger partial charge in [0, 0.05) is 13.0 Å². The average Bonchev–Trinajstić information content (AvgIpc) is 2.83. The summed E-state index contributed by atoms with van der Waals surface area (Å²) in [5.41, 5.74) is 0.838. The average molecular weight is 255 g/mol. The van der Waals surface area contributed by atoms with E-state index in [9.17, 15) is 14.7 Å². The Bertz CT molecular complexity index is 456. The molecule has 1 aliphatic rings. The molecule has 0 aromatic carbocycles. The molecule has 2 N–H and O–H groups in total. The molecule has 1 fully saturated rings. The first-order chi connectivity index (χ1) is 8.00. The molecule has 1 aromatic rings. The number of amides is 1. The Kier molecular flexibility index (Phi) is 3.17. The molecule has 0 spiro atoms. The second-order valence-electron chi connectivity index (χ2n) is 4.13. The van der Waals surface area contributed by atoms with E-state index in [4.69, 9.17) is 5.11 Å². The van der Waals surface area contributed by atoms with Gasteiger partial charge in [-0.1, -0.05) is 0 Å². The number of carbonyl (C=O) groups excluding carboxylic acids is 1. The third-order valence-electron chi connectivity index (χ3n) is 2.88. The van der Waals surface area contributed by atoms with Crippen LogP contribution in [-0.2, 0) is 4.79 Å². The van der Waals surface area contributed by atoms with E-state index in [1.54, 1.807) is 5.38 Å². The first-order valence-electron chi connectivity index (χ1n) is 5.26. The highest BCUT2D eigenvalue weighted by Crippen LogP contribution is 2.24. The standard InChI is InChI=1S/C11H13NO4S/c1-6-2-3-17-9(6)10(14)12-5-7(13)4-8(12)11(15)16/h2-3,7-8,13H,4-5H2,1H3,(H,15,16)/t7-,8-/m1/s1. The van der Waals surface area contributed by atoms with Crippen molar-refractivity contribution < 1.29 is 19.8 Å². The van der Waals surface area contributed by atoms with E-state index in [0.29, 0.717) is 4.88 Å². The molecular weight excluding hydrogens is 242 g/mol. The van der Waals surface area contributed by atoms with Crippen molar-refractivity contribution in [2.45, 2.75) is 25.5 Å². The summed E-state index contributed by atoms with van der Waals surface area (Å²) in [7, 11) is 0. The molecule has 2 heterocycles. The van der Waals surface area contributed by atoms with Gasteiger partial charge in [0.15, 0.2) is 0 Å².